The van der Waals surface area contributed by atoms with Crippen LogP contribution >= 0.6 is 0 Å². The predicted molar refractivity (Wildman–Crippen MR) is 79.9 cm³/mol. The lowest BCUT2D eigenvalue weighted by atomic mass is 9.85. The second-order valence-corrected chi connectivity index (χ2v) is 6.23. The van der Waals surface area contributed by atoms with Gasteiger partial charge in [0.25, 0.3) is 0 Å². The summed E-state index contributed by atoms with van der Waals surface area (Å²) in [6.07, 6.45) is 9.41. The number of anilines is 1. The molecule has 0 amide bonds. The van der Waals surface area contributed by atoms with E-state index in [-0.39, 0.29) is 6.61 Å². The van der Waals surface area contributed by atoms with Crippen LogP contribution in [0, 0.1) is 12.8 Å². The Labute approximate surface area is 121 Å². The number of aliphatic hydroxyl groups is 1. The highest BCUT2D eigenvalue weighted by molar-refractivity contribution is 5.48. The Kier molecular flexibility index (Phi) is 4.20. The van der Waals surface area contributed by atoms with Gasteiger partial charge in [-0.3, -0.25) is 0 Å². The summed E-state index contributed by atoms with van der Waals surface area (Å²) >= 11 is 0. The monoisotopic (exact) mass is 275 g/mol. The Morgan fingerprint density at radius 1 is 1.10 bits per heavy atom. The van der Waals surface area contributed by atoms with Crippen molar-refractivity contribution >= 4 is 5.82 Å². The van der Waals surface area contributed by atoms with E-state index < -0.39 is 0 Å². The molecule has 2 N–H and O–H groups in total. The molecular weight excluding hydrogens is 250 g/mol. The molecule has 1 heterocycles. The molecule has 2 aliphatic rings. The maximum absolute atomic E-state index is 9.56. The van der Waals surface area contributed by atoms with Gasteiger partial charge in [0, 0.05) is 29.8 Å². The van der Waals surface area contributed by atoms with Crippen LogP contribution in [0.4, 0.5) is 5.82 Å². The van der Waals surface area contributed by atoms with Gasteiger partial charge in [-0.2, -0.15) is 0 Å². The van der Waals surface area contributed by atoms with Crippen LogP contribution in [0.25, 0.3) is 0 Å². The van der Waals surface area contributed by atoms with Crippen LogP contribution in [-0.2, 0) is 12.8 Å². The van der Waals surface area contributed by atoms with Crippen LogP contribution in [0.3, 0.4) is 0 Å². The number of aromatic nitrogens is 2. The maximum Gasteiger partial charge on any atom is 0.133 e. The summed E-state index contributed by atoms with van der Waals surface area (Å²) in [5.41, 5.74) is 2.56. The van der Waals surface area contributed by atoms with Crippen molar-refractivity contribution in [3.8, 4) is 0 Å². The molecule has 1 aromatic heterocycles. The molecule has 2 unspecified atom stereocenters. The van der Waals surface area contributed by atoms with Crippen molar-refractivity contribution in [3.63, 3.8) is 0 Å². The Bertz CT molecular complexity index is 475. The van der Waals surface area contributed by atoms with Crippen LogP contribution in [0.2, 0.25) is 0 Å². The van der Waals surface area contributed by atoms with E-state index in [1.807, 2.05) is 6.92 Å². The lowest BCUT2D eigenvalue weighted by Gasteiger charge is -2.32. The first-order valence-corrected chi connectivity index (χ1v) is 8.01. The van der Waals surface area contributed by atoms with Crippen molar-refractivity contribution < 1.29 is 5.11 Å². The van der Waals surface area contributed by atoms with Gasteiger partial charge in [-0.1, -0.05) is 12.8 Å². The van der Waals surface area contributed by atoms with Crippen LogP contribution in [0.1, 0.15) is 55.6 Å². The van der Waals surface area contributed by atoms with E-state index in [9.17, 15) is 5.11 Å². The van der Waals surface area contributed by atoms with Crippen LogP contribution in [-0.4, -0.2) is 27.7 Å². The Morgan fingerprint density at radius 3 is 2.75 bits per heavy atom. The van der Waals surface area contributed by atoms with Gasteiger partial charge in [0.15, 0.2) is 0 Å². The first-order chi connectivity index (χ1) is 9.78. The van der Waals surface area contributed by atoms with Gasteiger partial charge in [-0.05, 0) is 45.4 Å². The number of nitrogens with zero attached hydrogens (tertiary/aromatic N) is 2. The zero-order valence-electron chi connectivity index (χ0n) is 12.4. The fourth-order valence-corrected chi connectivity index (χ4v) is 3.63. The third-order valence-corrected chi connectivity index (χ3v) is 4.76. The molecule has 0 radical (unpaired) electrons. The number of hydrogen-bond acceptors (Lipinski definition) is 4. The highest BCUT2D eigenvalue weighted by atomic mass is 16.3. The number of fused-ring (bicyclic) bond motifs is 1. The Balaban J connectivity index is 1.84. The average Bonchev–Trinajstić information content (AvgIpc) is 2.47. The highest BCUT2D eigenvalue weighted by Crippen LogP contribution is 2.30. The number of rotatable bonds is 3. The third-order valence-electron chi connectivity index (χ3n) is 4.76. The van der Waals surface area contributed by atoms with Crippen molar-refractivity contribution in [1.82, 2.24) is 9.97 Å². The van der Waals surface area contributed by atoms with Crippen molar-refractivity contribution in [2.45, 2.75) is 64.3 Å². The van der Waals surface area contributed by atoms with E-state index in [0.29, 0.717) is 12.0 Å². The Hall–Kier alpha value is -1.16. The van der Waals surface area contributed by atoms with Crippen LogP contribution in [0.15, 0.2) is 0 Å². The van der Waals surface area contributed by atoms with Gasteiger partial charge in [0.2, 0.25) is 0 Å². The molecule has 4 nitrogen and oxygen atoms in total. The molecule has 1 fully saturated rings. The van der Waals surface area contributed by atoms with Crippen LogP contribution < -0.4 is 5.32 Å². The van der Waals surface area contributed by atoms with Crippen molar-refractivity contribution in [3.05, 3.63) is 17.1 Å². The standard InChI is InChI=1S/C16H25N3O/c1-11-17-15-9-5-3-7-13(15)16(18-11)19-14-8-4-2-6-12(14)10-20/h12,14,20H,2-10H2,1H3,(H,17,18,19). The molecule has 0 aliphatic heterocycles. The normalized spacial score (nSPS) is 26.1. The number of aryl methyl sites for hydroxylation is 2. The first-order valence-electron chi connectivity index (χ1n) is 8.01. The van der Waals surface area contributed by atoms with Gasteiger partial charge in [0.05, 0.1) is 0 Å². The highest BCUT2D eigenvalue weighted by Gasteiger charge is 2.26. The quantitative estimate of drug-likeness (QED) is 0.890. The molecule has 1 saturated carbocycles. The van der Waals surface area contributed by atoms with Gasteiger partial charge in [-0.25, -0.2) is 9.97 Å². The fraction of sp³-hybridized carbons (Fsp3) is 0.750. The van der Waals surface area contributed by atoms with Gasteiger partial charge >= 0.3 is 0 Å². The number of nitrogens with one attached hydrogen (secondary N) is 1. The molecule has 20 heavy (non-hydrogen) atoms. The van der Waals surface area contributed by atoms with Crippen LogP contribution in [0.5, 0.6) is 0 Å². The maximum atomic E-state index is 9.56. The predicted octanol–water partition coefficient (Wildman–Crippen LogP) is 2.63. The van der Waals surface area contributed by atoms with E-state index in [1.54, 1.807) is 0 Å². The van der Waals surface area contributed by atoms with E-state index in [4.69, 9.17) is 0 Å². The van der Waals surface area contributed by atoms with Gasteiger partial charge in [-0.15, -0.1) is 0 Å². The number of aliphatic hydroxyl groups excluding tert-OH is 1. The van der Waals surface area contributed by atoms with E-state index >= 15 is 0 Å². The molecular formula is C16H25N3O. The molecule has 0 spiro atoms. The summed E-state index contributed by atoms with van der Waals surface area (Å²) < 4.78 is 0. The van der Waals surface area contributed by atoms with E-state index in [0.717, 1.165) is 37.3 Å². The van der Waals surface area contributed by atoms with E-state index in [2.05, 4.69) is 15.3 Å². The lowest BCUT2D eigenvalue weighted by Crippen LogP contribution is -2.35. The summed E-state index contributed by atoms with van der Waals surface area (Å²) in [6, 6.07) is 0.370. The molecule has 110 valence electrons. The molecule has 0 bridgehead atoms. The minimum Gasteiger partial charge on any atom is -0.396 e. The summed E-state index contributed by atoms with van der Waals surface area (Å²) in [5, 5.41) is 13.2. The largest absolute Gasteiger partial charge is 0.396 e. The minimum absolute atomic E-state index is 0.282. The minimum atomic E-state index is 0.282. The summed E-state index contributed by atoms with van der Waals surface area (Å²) in [6.45, 7) is 2.26. The van der Waals surface area contributed by atoms with Crippen molar-refractivity contribution in [2.75, 3.05) is 11.9 Å². The molecule has 3 rings (SSSR count). The first kappa shape index (κ1) is 13.8. The second-order valence-electron chi connectivity index (χ2n) is 6.23. The Morgan fingerprint density at radius 2 is 1.90 bits per heavy atom. The fourth-order valence-electron chi connectivity index (χ4n) is 3.63. The molecule has 2 aliphatic carbocycles. The molecule has 0 saturated heterocycles. The topological polar surface area (TPSA) is 58.0 Å². The summed E-state index contributed by atoms with van der Waals surface area (Å²) in [7, 11) is 0. The molecule has 2 atom stereocenters. The average molecular weight is 275 g/mol. The van der Waals surface area contributed by atoms with Gasteiger partial charge in [0.1, 0.15) is 11.6 Å². The number of hydrogen-bond donors (Lipinski definition) is 2. The van der Waals surface area contributed by atoms with Crippen molar-refractivity contribution in [1.29, 1.82) is 0 Å². The SMILES string of the molecule is Cc1nc2c(c(NC3CCCCC3CO)n1)CCCC2. The van der Waals surface area contributed by atoms with Gasteiger partial charge < -0.3 is 10.4 Å². The smallest absolute Gasteiger partial charge is 0.133 e. The van der Waals surface area contributed by atoms with E-state index in [1.165, 1.54) is 36.9 Å². The second kappa shape index (κ2) is 6.08. The third kappa shape index (κ3) is 2.80. The lowest BCUT2D eigenvalue weighted by molar-refractivity contribution is 0.178. The zero-order chi connectivity index (χ0) is 13.9. The van der Waals surface area contributed by atoms with Crippen molar-refractivity contribution in [2.24, 2.45) is 5.92 Å². The molecule has 0 aromatic carbocycles. The zero-order valence-corrected chi connectivity index (χ0v) is 12.4. The molecule has 1 aromatic rings. The summed E-state index contributed by atoms with van der Waals surface area (Å²) in [4.78, 5) is 9.25. The summed E-state index contributed by atoms with van der Waals surface area (Å²) in [5.74, 6) is 2.28. The molecule has 4 heteroatoms.